The molecule has 14 unspecified atom stereocenters. The molecule has 14 atom stereocenters. The molecule has 0 bridgehead atoms. The van der Waals surface area contributed by atoms with Crippen molar-refractivity contribution in [3.63, 3.8) is 0 Å². The molecule has 35 heteroatoms. The third-order valence-electron chi connectivity index (χ3n) is 18.7. The Bertz CT molecular complexity index is 3970. The molecular weight excluding hydrogens is 1600 g/mol. The van der Waals surface area contributed by atoms with E-state index >= 15 is 0 Å². The van der Waals surface area contributed by atoms with Gasteiger partial charge in [0, 0.05) is 59.7 Å². The van der Waals surface area contributed by atoms with Gasteiger partial charge in [0.05, 0.1) is 33.6 Å². The van der Waals surface area contributed by atoms with Crippen LogP contribution in [-0.4, -0.2) is 54.7 Å². The largest absolute Gasteiger partial charge is 0.494 e. The normalized spacial score (nSPS) is 19.9. The lowest BCUT2D eigenvalue weighted by molar-refractivity contribution is 0.00578. The highest BCUT2D eigenvalue weighted by Crippen LogP contribution is 3.13. The van der Waals surface area contributed by atoms with E-state index < -0.39 is 21.1 Å². The monoisotopic (exact) mass is 1690 g/mol. The van der Waals surface area contributed by atoms with Crippen LogP contribution in [0.25, 0.3) is 43.9 Å². The van der Waals surface area contributed by atoms with Crippen molar-refractivity contribution in [2.24, 2.45) is 0 Å². The third-order valence-corrected chi connectivity index (χ3v) is 128. The van der Waals surface area contributed by atoms with Gasteiger partial charge in [0.15, 0.2) is 22.7 Å². The molecule has 13 rings (SSSR count). The first kappa shape index (κ1) is 82.8. The number of ether oxygens (including phenoxy) is 2. The fourth-order valence-corrected chi connectivity index (χ4v) is 193. The summed E-state index contributed by atoms with van der Waals surface area (Å²) in [5.74, 6) is 3.30. The minimum absolute atomic E-state index is 0.130. The highest BCUT2D eigenvalue weighted by atomic mass is 35.5. The van der Waals surface area contributed by atoms with Gasteiger partial charge in [0.1, 0.15) is 22.7 Å². The second-order valence-electron chi connectivity index (χ2n) is 27.4. The summed E-state index contributed by atoms with van der Waals surface area (Å²) in [7, 11) is 35.2. The van der Waals surface area contributed by atoms with Gasteiger partial charge in [-0.1, -0.05) is 108 Å². The molecule has 0 aliphatic carbocycles. The smallest absolute Gasteiger partial charge is 0.453 e. The van der Waals surface area contributed by atoms with Gasteiger partial charge in [0.25, 0.3) is 0 Å². The van der Waals surface area contributed by atoms with E-state index in [0.29, 0.717) is 0 Å². The first-order valence-electron chi connectivity index (χ1n) is 30.3. The maximum Gasteiger partial charge on any atom is 0.494 e. The van der Waals surface area contributed by atoms with Crippen LogP contribution in [0.2, 0.25) is 5.02 Å². The molecule has 512 valence electrons. The van der Waals surface area contributed by atoms with Gasteiger partial charge in [-0.15, -0.1) is 107 Å². The van der Waals surface area contributed by atoms with Crippen LogP contribution in [0.5, 0.6) is 23.0 Å². The molecular formula is C60H91B3ClO10P21. The van der Waals surface area contributed by atoms with Crippen LogP contribution in [0.1, 0.15) is 133 Å². The molecule has 8 aromatic rings. The van der Waals surface area contributed by atoms with Gasteiger partial charge in [-0.2, -0.15) is 0 Å². The Labute approximate surface area is 608 Å². The molecule has 0 N–H and O–H groups in total. The fraction of sp³-hybridized carbons (Fsp3) is 0.400. The molecule has 3 saturated heterocycles. The van der Waals surface area contributed by atoms with Crippen LogP contribution in [0.15, 0.2) is 118 Å². The average molecular weight is 1690 g/mol. The van der Waals surface area contributed by atoms with E-state index in [1.807, 2.05) is 122 Å². The number of para-hydroxylation sites is 2. The van der Waals surface area contributed by atoms with E-state index in [4.69, 9.17) is 57.8 Å². The summed E-state index contributed by atoms with van der Waals surface area (Å²) in [6, 6.07) is 36.8. The van der Waals surface area contributed by atoms with E-state index in [1.165, 1.54) is 0 Å². The zero-order chi connectivity index (χ0) is 70.2. The Morgan fingerprint density at radius 3 is 1.07 bits per heavy atom. The van der Waals surface area contributed by atoms with Gasteiger partial charge in [0.2, 0.25) is 0 Å². The van der Waals surface area contributed by atoms with Crippen molar-refractivity contribution in [1.29, 1.82) is 0 Å². The summed E-state index contributed by atoms with van der Waals surface area (Å²) in [6.07, 6.45) is 0. The quantitative estimate of drug-likeness (QED) is 0.103. The molecule has 3 fully saturated rings. The molecule has 95 heavy (non-hydrogen) atoms. The van der Waals surface area contributed by atoms with Gasteiger partial charge in [-0.05, 0) is 193 Å². The predicted octanol–water partition coefficient (Wildman–Crippen LogP) is 26.6. The zero-order valence-electron chi connectivity index (χ0n) is 56.6. The van der Waals surface area contributed by atoms with Gasteiger partial charge >= 0.3 is 21.1 Å². The number of halogens is 1. The molecule has 5 aliphatic rings. The average Bonchev–Trinajstić information content (AvgIpc) is 1.73. The highest BCUT2D eigenvalue weighted by molar-refractivity contribution is 9.18. The van der Waals surface area contributed by atoms with Crippen molar-refractivity contribution in [1.82, 2.24) is 0 Å². The second-order valence-corrected chi connectivity index (χ2v) is 104. The lowest BCUT2D eigenvalue weighted by Gasteiger charge is -2.34. The Balaban J connectivity index is 0.000000150. The van der Waals surface area contributed by atoms with Crippen molar-refractivity contribution in [2.75, 3.05) is 0 Å². The molecule has 0 spiro atoms. The van der Waals surface area contributed by atoms with E-state index in [2.05, 4.69) is 205 Å². The molecule has 6 aromatic carbocycles. The fourth-order valence-electron chi connectivity index (χ4n) is 11.3. The Morgan fingerprint density at radius 1 is 0.379 bits per heavy atom. The maximum absolute atomic E-state index is 6.48. The lowest BCUT2D eigenvalue weighted by atomic mass is 9.49. The summed E-state index contributed by atoms with van der Waals surface area (Å²) in [4.78, 5) is 0. The van der Waals surface area contributed by atoms with Crippen LogP contribution in [0, 0.1) is 0 Å². The Morgan fingerprint density at radius 2 is 0.726 bits per heavy atom. The van der Waals surface area contributed by atoms with Gasteiger partial charge in [-0.3, -0.25) is 0 Å². The van der Waals surface area contributed by atoms with Crippen molar-refractivity contribution in [3.8, 4) is 23.0 Å². The first-order valence-corrected chi connectivity index (χ1v) is 67.1. The van der Waals surface area contributed by atoms with Gasteiger partial charge < -0.3 is 46.2 Å². The molecule has 0 saturated carbocycles. The van der Waals surface area contributed by atoms with Crippen LogP contribution in [-0.2, 0) is 38.8 Å². The zero-order valence-corrected chi connectivity index (χ0v) is 79.4. The first-order chi connectivity index (χ1) is 44.0. The minimum Gasteiger partial charge on any atom is -0.453 e. The maximum atomic E-state index is 6.48. The summed E-state index contributed by atoms with van der Waals surface area (Å²) in [5.41, 5.74) is 6.15. The number of hydrogen-bond donors (Lipinski definition) is 0. The standard InChI is InChI=1S/C27H27BO4.C21H15ClO2.C12H24B2O4.H13P11.H12P10/c1-25(2)19-13-12-18-17-9-7-8-10-21(17)29-23(18)24(19)30-22-14-11-16(15-20(22)25)28-31-26(3,4)27(5,6)32-28;1-21(2)15-9-8-14-13-5-3-4-6-17(13)23-19(14)20(15)24-18-10-7-12(22)11-16(18)21;1-9(2)10(3,4)16-13(15-9)14-17-11(5,6)12(7,8)18-14;1-7-10(6)11(8(2)3)9(4)5;1-7(2)10(8(3)4)9(5)6/h7-15H,1-6H3;3-11H,1-2H3;1-8H3;7H,1-6H2;1-6H2. The van der Waals surface area contributed by atoms with Crippen molar-refractivity contribution in [2.45, 2.75) is 155 Å². The number of hydrogen-bond acceptors (Lipinski definition) is 10. The number of fused-ring (bicyclic) bond motifs is 12. The summed E-state index contributed by atoms with van der Waals surface area (Å²) in [6.45, 7) is 34.8. The van der Waals surface area contributed by atoms with E-state index in [-0.39, 0.29) is 100 Å². The van der Waals surface area contributed by atoms with Crippen LogP contribution in [0.4, 0.5) is 0 Å². The molecule has 10 nitrogen and oxygen atoms in total. The minimum atomic E-state index is -0.476. The van der Waals surface area contributed by atoms with E-state index in [0.717, 1.165) is 108 Å². The number of rotatable bonds is 9. The van der Waals surface area contributed by atoms with Crippen molar-refractivity contribution in [3.05, 3.63) is 136 Å². The predicted molar refractivity (Wildman–Crippen MR) is 478 cm³/mol. The highest BCUT2D eigenvalue weighted by Gasteiger charge is 2.64. The van der Waals surface area contributed by atoms with Crippen LogP contribution < -0.4 is 14.9 Å². The Kier molecular flexibility index (Phi) is 28.4. The Hall–Kier alpha value is 3.79. The SMILES string of the molecule is CC1(C)OB(B2OC(C)(C)C(C)(C)O2)OC1(C)C.CC1(C)c2cc(B3OC(C)(C)C(C)(C)O3)ccc2Oc2c1ccc1c2oc2ccccc21.CC1(C)c2cc(Cl)ccc2Oc2c1ccc1c2oc2ccccc21.PP(P)P(P(P)P)P(P)P.PPP(P)P(P(P)P)P(P)P. The third kappa shape index (κ3) is 17.8. The molecule has 2 aromatic heterocycles. The van der Waals surface area contributed by atoms with Crippen LogP contribution >= 0.6 is 183 Å². The molecule has 0 radical (unpaired) electrons. The number of benzene rings is 6. The lowest BCUT2D eigenvalue weighted by Crippen LogP contribution is -2.41. The van der Waals surface area contributed by atoms with E-state index in [9.17, 15) is 0 Å². The van der Waals surface area contributed by atoms with E-state index in [1.54, 1.807) is 0 Å². The summed E-state index contributed by atoms with van der Waals surface area (Å²) in [5, 5.41) is 5.09. The van der Waals surface area contributed by atoms with Crippen molar-refractivity contribution >= 4 is 253 Å². The van der Waals surface area contributed by atoms with Gasteiger partial charge in [-0.25, -0.2) is 0 Å². The molecule has 7 heterocycles. The topological polar surface area (TPSA) is 100 Å². The summed E-state index contributed by atoms with van der Waals surface area (Å²) >= 11 is 6.21. The summed E-state index contributed by atoms with van der Waals surface area (Å²) < 4.78 is 61.5. The second kappa shape index (κ2) is 32.5. The molecule has 0 amide bonds. The molecule has 5 aliphatic heterocycles. The van der Waals surface area contributed by atoms with Crippen molar-refractivity contribution < 1.29 is 46.2 Å². The number of furan rings is 2. The van der Waals surface area contributed by atoms with Crippen LogP contribution in [0.3, 0.4) is 0 Å².